The summed E-state index contributed by atoms with van der Waals surface area (Å²) in [5, 5.41) is 1.00. The number of ether oxygens (including phenoxy) is 1. The van der Waals surface area contributed by atoms with Gasteiger partial charge >= 0.3 is 5.63 Å². The Balaban J connectivity index is 1.66. The molecule has 0 saturated carbocycles. The predicted molar refractivity (Wildman–Crippen MR) is 107 cm³/mol. The molecule has 2 aromatic carbocycles. The molecule has 1 aliphatic rings. The van der Waals surface area contributed by atoms with Crippen LogP contribution >= 0.6 is 0 Å². The van der Waals surface area contributed by atoms with Crippen LogP contribution in [0.15, 0.2) is 45.6 Å². The minimum atomic E-state index is -0.267. The van der Waals surface area contributed by atoms with Gasteiger partial charge in [0.05, 0.1) is 0 Å². The molecule has 1 aliphatic heterocycles. The van der Waals surface area contributed by atoms with Crippen molar-refractivity contribution in [2.75, 3.05) is 13.3 Å². The van der Waals surface area contributed by atoms with Gasteiger partial charge in [-0.2, -0.15) is 0 Å². The molecule has 0 amide bonds. The van der Waals surface area contributed by atoms with Gasteiger partial charge in [-0.3, -0.25) is 4.90 Å². The van der Waals surface area contributed by atoms with Crippen molar-refractivity contribution in [1.29, 1.82) is 0 Å². The SMILES string of the molecule is Cc1c(C)c2cc3c(c(C)c2oc1=O)OCN(C[C@H](C)c1ccccc1)C3. The van der Waals surface area contributed by atoms with Gasteiger partial charge in [0.1, 0.15) is 18.1 Å². The molecule has 0 fully saturated rings. The molecule has 4 heteroatoms. The Labute approximate surface area is 159 Å². The second kappa shape index (κ2) is 6.86. The van der Waals surface area contributed by atoms with E-state index in [1.807, 2.05) is 26.8 Å². The fourth-order valence-corrected chi connectivity index (χ4v) is 3.94. The van der Waals surface area contributed by atoms with Crippen molar-refractivity contribution in [3.63, 3.8) is 0 Å². The maximum absolute atomic E-state index is 12.1. The largest absolute Gasteiger partial charge is 0.477 e. The first-order valence-electron chi connectivity index (χ1n) is 9.42. The molecule has 140 valence electrons. The van der Waals surface area contributed by atoms with Crippen molar-refractivity contribution in [1.82, 2.24) is 4.90 Å². The van der Waals surface area contributed by atoms with Crippen LogP contribution in [-0.4, -0.2) is 18.2 Å². The van der Waals surface area contributed by atoms with Crippen LogP contribution in [0.5, 0.6) is 5.75 Å². The second-order valence-corrected chi connectivity index (χ2v) is 7.60. The molecular weight excluding hydrogens is 338 g/mol. The normalized spacial score (nSPS) is 15.4. The molecule has 27 heavy (non-hydrogen) atoms. The Morgan fingerprint density at radius 1 is 1.07 bits per heavy atom. The Bertz CT molecular complexity index is 1050. The summed E-state index contributed by atoms with van der Waals surface area (Å²) in [5.41, 5.74) is 5.45. The van der Waals surface area contributed by atoms with E-state index >= 15 is 0 Å². The maximum Gasteiger partial charge on any atom is 0.339 e. The molecule has 0 unspecified atom stereocenters. The summed E-state index contributed by atoms with van der Waals surface area (Å²) in [5.74, 6) is 1.29. The molecule has 1 atom stereocenters. The van der Waals surface area contributed by atoms with Crippen LogP contribution in [0.1, 0.15) is 40.7 Å². The lowest BCUT2D eigenvalue weighted by Crippen LogP contribution is -2.35. The number of hydrogen-bond donors (Lipinski definition) is 0. The number of aryl methyl sites for hydroxylation is 2. The first-order valence-corrected chi connectivity index (χ1v) is 9.42. The average Bonchev–Trinajstić information content (AvgIpc) is 2.68. The summed E-state index contributed by atoms with van der Waals surface area (Å²) in [6.07, 6.45) is 0. The topological polar surface area (TPSA) is 42.7 Å². The molecule has 0 N–H and O–H groups in total. The number of nitrogens with zero attached hydrogens (tertiary/aromatic N) is 1. The van der Waals surface area contributed by atoms with E-state index in [4.69, 9.17) is 9.15 Å². The molecule has 0 aliphatic carbocycles. The zero-order chi connectivity index (χ0) is 19.1. The van der Waals surface area contributed by atoms with E-state index in [9.17, 15) is 4.79 Å². The van der Waals surface area contributed by atoms with Crippen LogP contribution in [0.4, 0.5) is 0 Å². The van der Waals surface area contributed by atoms with Gasteiger partial charge < -0.3 is 9.15 Å². The first kappa shape index (κ1) is 17.8. The monoisotopic (exact) mass is 363 g/mol. The van der Waals surface area contributed by atoms with Gasteiger partial charge in [-0.25, -0.2) is 4.79 Å². The van der Waals surface area contributed by atoms with E-state index in [2.05, 4.69) is 42.2 Å². The van der Waals surface area contributed by atoms with E-state index in [1.54, 1.807) is 0 Å². The van der Waals surface area contributed by atoms with Crippen LogP contribution < -0.4 is 10.4 Å². The molecule has 0 saturated heterocycles. The van der Waals surface area contributed by atoms with E-state index in [1.165, 1.54) is 5.56 Å². The molecule has 0 radical (unpaired) electrons. The highest BCUT2D eigenvalue weighted by atomic mass is 16.5. The van der Waals surface area contributed by atoms with Gasteiger partial charge in [0, 0.05) is 35.2 Å². The van der Waals surface area contributed by atoms with Crippen LogP contribution in [0.25, 0.3) is 11.0 Å². The third-order valence-corrected chi connectivity index (χ3v) is 5.69. The highest BCUT2D eigenvalue weighted by molar-refractivity contribution is 5.87. The zero-order valence-electron chi connectivity index (χ0n) is 16.3. The average molecular weight is 363 g/mol. The summed E-state index contributed by atoms with van der Waals surface area (Å²) in [6, 6.07) is 12.7. The summed E-state index contributed by atoms with van der Waals surface area (Å²) in [6.45, 7) is 10.3. The van der Waals surface area contributed by atoms with Crippen molar-refractivity contribution in [2.45, 2.75) is 40.2 Å². The minimum absolute atomic E-state index is 0.267. The minimum Gasteiger partial charge on any atom is -0.477 e. The number of hydrogen-bond acceptors (Lipinski definition) is 4. The molecule has 2 heterocycles. The lowest BCUT2D eigenvalue weighted by atomic mass is 9.98. The fourth-order valence-electron chi connectivity index (χ4n) is 3.94. The van der Waals surface area contributed by atoms with E-state index in [0.29, 0.717) is 23.8 Å². The van der Waals surface area contributed by atoms with Crippen LogP contribution in [0, 0.1) is 20.8 Å². The van der Waals surface area contributed by atoms with E-state index in [-0.39, 0.29) is 5.63 Å². The lowest BCUT2D eigenvalue weighted by molar-refractivity contribution is 0.0900. The van der Waals surface area contributed by atoms with Crippen molar-refractivity contribution in [2.24, 2.45) is 0 Å². The van der Waals surface area contributed by atoms with Crippen molar-refractivity contribution >= 4 is 11.0 Å². The Hall–Kier alpha value is -2.59. The molecular formula is C23H25NO3. The van der Waals surface area contributed by atoms with Gasteiger partial charge in [0.15, 0.2) is 0 Å². The quantitative estimate of drug-likeness (QED) is 0.634. The summed E-state index contributed by atoms with van der Waals surface area (Å²) >= 11 is 0. The standard InChI is InChI=1S/C23H25NO3/c1-14(18-8-6-5-7-9-18)11-24-12-19-10-20-15(2)16(3)23(25)27-22(20)17(4)21(19)26-13-24/h5-10,14H,11-13H2,1-4H3/t14-/m0/s1. The lowest BCUT2D eigenvalue weighted by Gasteiger charge is -2.32. The van der Waals surface area contributed by atoms with Gasteiger partial charge in [-0.05, 0) is 43.9 Å². The van der Waals surface area contributed by atoms with Gasteiger partial charge in [0.25, 0.3) is 0 Å². The smallest absolute Gasteiger partial charge is 0.339 e. The van der Waals surface area contributed by atoms with Crippen molar-refractivity contribution in [3.05, 3.63) is 74.6 Å². The van der Waals surface area contributed by atoms with E-state index < -0.39 is 0 Å². The van der Waals surface area contributed by atoms with Gasteiger partial charge in [-0.1, -0.05) is 37.3 Å². The number of rotatable bonds is 3. The van der Waals surface area contributed by atoms with Crippen molar-refractivity contribution < 1.29 is 9.15 Å². The molecule has 4 nitrogen and oxygen atoms in total. The third-order valence-electron chi connectivity index (χ3n) is 5.69. The van der Waals surface area contributed by atoms with Crippen LogP contribution in [-0.2, 0) is 6.54 Å². The second-order valence-electron chi connectivity index (χ2n) is 7.60. The van der Waals surface area contributed by atoms with E-state index in [0.717, 1.165) is 40.9 Å². The number of fused-ring (bicyclic) bond motifs is 2. The molecule has 0 spiro atoms. The predicted octanol–water partition coefficient (Wildman–Crippen LogP) is 4.67. The van der Waals surface area contributed by atoms with Crippen molar-refractivity contribution in [3.8, 4) is 5.75 Å². The first-order chi connectivity index (χ1) is 13.0. The van der Waals surface area contributed by atoms with Gasteiger partial charge in [-0.15, -0.1) is 0 Å². The molecule has 3 aromatic rings. The fraction of sp³-hybridized carbons (Fsp3) is 0.348. The summed E-state index contributed by atoms with van der Waals surface area (Å²) in [4.78, 5) is 14.4. The molecule has 4 rings (SSSR count). The Morgan fingerprint density at radius 3 is 2.56 bits per heavy atom. The zero-order valence-corrected chi connectivity index (χ0v) is 16.3. The van der Waals surface area contributed by atoms with Crippen LogP contribution in [0.2, 0.25) is 0 Å². The van der Waals surface area contributed by atoms with Crippen LogP contribution in [0.3, 0.4) is 0 Å². The number of benzene rings is 2. The molecule has 1 aromatic heterocycles. The maximum atomic E-state index is 12.1. The molecule has 0 bridgehead atoms. The highest BCUT2D eigenvalue weighted by Gasteiger charge is 2.24. The Kier molecular flexibility index (Phi) is 4.52. The highest BCUT2D eigenvalue weighted by Crippen LogP contribution is 2.36. The Morgan fingerprint density at radius 2 is 1.81 bits per heavy atom. The summed E-state index contributed by atoms with van der Waals surface area (Å²) < 4.78 is 11.7. The summed E-state index contributed by atoms with van der Waals surface area (Å²) in [7, 11) is 0. The third kappa shape index (κ3) is 3.15. The van der Waals surface area contributed by atoms with Gasteiger partial charge in [0.2, 0.25) is 0 Å².